The van der Waals surface area contributed by atoms with Crippen LogP contribution >= 0.6 is 11.7 Å². The van der Waals surface area contributed by atoms with Gasteiger partial charge in [-0.25, -0.2) is 12.7 Å². The molecule has 0 radical (unpaired) electrons. The Morgan fingerprint density at radius 1 is 1.02 bits per heavy atom. The molecule has 4 aliphatic rings. The third-order valence-corrected chi connectivity index (χ3v) is 15.8. The predicted octanol–water partition coefficient (Wildman–Crippen LogP) is 6.19. The summed E-state index contributed by atoms with van der Waals surface area (Å²) in [5, 5.41) is 10.4. The van der Waals surface area contributed by atoms with Crippen LogP contribution in [-0.4, -0.2) is 84.8 Å². The van der Waals surface area contributed by atoms with Crippen LogP contribution in [0.15, 0.2) is 28.7 Å². The lowest BCUT2D eigenvalue weighted by Gasteiger charge is -2.58. The molecule has 260 valence electrons. The van der Waals surface area contributed by atoms with E-state index in [1.54, 1.807) is 17.7 Å². The number of amides is 1. The fourth-order valence-corrected chi connectivity index (χ4v) is 12.1. The van der Waals surface area contributed by atoms with Gasteiger partial charge in [-0.3, -0.25) is 4.79 Å². The highest BCUT2D eigenvalue weighted by molar-refractivity contribution is 7.89. The van der Waals surface area contributed by atoms with Crippen LogP contribution in [0.1, 0.15) is 85.0 Å². The second-order valence-electron chi connectivity index (χ2n) is 16.0. The average Bonchev–Trinajstić information content (AvgIpc) is 3.66. The molecule has 9 nitrogen and oxygen atoms in total. The van der Waals surface area contributed by atoms with Gasteiger partial charge in [0.05, 0.1) is 23.5 Å². The molecule has 1 aromatic carbocycles. The molecule has 8 atom stereocenters. The number of benzene rings is 1. The van der Waals surface area contributed by atoms with E-state index >= 15 is 0 Å². The van der Waals surface area contributed by atoms with Crippen LogP contribution < -0.4 is 4.90 Å². The predicted molar refractivity (Wildman–Crippen MR) is 189 cm³/mol. The quantitative estimate of drug-likeness (QED) is 0.297. The summed E-state index contributed by atoms with van der Waals surface area (Å²) in [6.07, 6.45) is 13.2. The molecule has 0 bridgehead atoms. The zero-order valence-corrected chi connectivity index (χ0v) is 31.0. The molecule has 1 unspecified atom stereocenters. The van der Waals surface area contributed by atoms with E-state index < -0.39 is 10.0 Å². The second kappa shape index (κ2) is 13.0. The Bertz CT molecular complexity index is 1620. The monoisotopic (exact) mass is 685 g/mol. The van der Waals surface area contributed by atoms with E-state index in [1.165, 1.54) is 50.5 Å². The molecule has 3 fully saturated rings. The van der Waals surface area contributed by atoms with E-state index in [0.717, 1.165) is 60.9 Å². The van der Waals surface area contributed by atoms with E-state index in [1.807, 2.05) is 23.9 Å². The first-order valence-electron chi connectivity index (χ1n) is 17.7. The molecule has 0 aliphatic heterocycles. The normalized spacial score (nSPS) is 32.8. The van der Waals surface area contributed by atoms with Gasteiger partial charge >= 0.3 is 0 Å². The lowest BCUT2D eigenvalue weighted by Crippen LogP contribution is -2.50. The van der Waals surface area contributed by atoms with Gasteiger partial charge in [0.15, 0.2) is 0 Å². The van der Waals surface area contributed by atoms with Crippen molar-refractivity contribution < 1.29 is 18.3 Å². The maximum atomic E-state index is 13.3. The first kappa shape index (κ1) is 34.8. The minimum absolute atomic E-state index is 0.153. The molecule has 47 heavy (non-hydrogen) atoms. The van der Waals surface area contributed by atoms with Crippen molar-refractivity contribution in [3.63, 3.8) is 0 Å². The number of likely N-dealkylation sites (N-methyl/N-ethyl adjacent to an activating group) is 2. The first-order valence-corrected chi connectivity index (χ1v) is 19.9. The molecule has 1 N–H and O–H groups in total. The summed E-state index contributed by atoms with van der Waals surface area (Å²) >= 11 is 1.01. The number of hydrogen-bond acceptors (Lipinski definition) is 8. The topological polar surface area (TPSA) is 107 Å². The molecule has 0 saturated heterocycles. The Labute approximate surface area is 286 Å². The van der Waals surface area contributed by atoms with Crippen LogP contribution in [0.5, 0.6) is 0 Å². The fraction of sp³-hybridized carbons (Fsp3) is 0.750. The van der Waals surface area contributed by atoms with Gasteiger partial charge in [-0.05, 0) is 110 Å². The minimum Gasteiger partial charge on any atom is -0.393 e. The zero-order valence-electron chi connectivity index (χ0n) is 29.4. The van der Waals surface area contributed by atoms with Crippen LogP contribution in [0.25, 0.3) is 11.0 Å². The van der Waals surface area contributed by atoms with Crippen molar-refractivity contribution in [2.75, 3.05) is 46.2 Å². The Balaban J connectivity index is 1.03. The number of nitrogens with zero attached hydrogens (tertiary/aromatic N) is 5. The van der Waals surface area contributed by atoms with Crippen molar-refractivity contribution in [2.24, 2.45) is 40.4 Å². The van der Waals surface area contributed by atoms with E-state index in [2.05, 4.69) is 35.6 Å². The number of fused-ring (bicyclic) bond motifs is 6. The number of aliphatic hydroxyl groups is 1. The highest BCUT2D eigenvalue weighted by atomic mass is 32.2. The van der Waals surface area contributed by atoms with Crippen molar-refractivity contribution in [2.45, 2.75) is 96.0 Å². The molecule has 1 amide bonds. The van der Waals surface area contributed by atoms with Gasteiger partial charge in [0.2, 0.25) is 15.9 Å². The Hall–Kier alpha value is -2.08. The number of rotatable bonds is 10. The van der Waals surface area contributed by atoms with Crippen LogP contribution in [0, 0.1) is 40.4 Å². The van der Waals surface area contributed by atoms with E-state index in [4.69, 9.17) is 0 Å². The Morgan fingerprint density at radius 2 is 1.77 bits per heavy atom. The van der Waals surface area contributed by atoms with Crippen molar-refractivity contribution in [1.29, 1.82) is 0 Å². The molecule has 2 aromatic rings. The van der Waals surface area contributed by atoms with Gasteiger partial charge in [0.1, 0.15) is 15.9 Å². The molecular formula is C36H55N5O4S2. The SMILES string of the molecule is C[C@H](CCC(=O)N(C)CCN(C)c1ccc(S(=O)(=O)N(C)C)c2nsnc12)[C@H]1CC[C@H]2[C@@H]3CC=C4CC(O)CC[C@]4(C)[C@H]3CC[C@]12C. The molecular weight excluding hydrogens is 631 g/mol. The van der Waals surface area contributed by atoms with Gasteiger partial charge < -0.3 is 14.9 Å². The summed E-state index contributed by atoms with van der Waals surface area (Å²) in [5.41, 5.74) is 3.93. The van der Waals surface area contributed by atoms with Crippen LogP contribution in [0.2, 0.25) is 0 Å². The standard InChI is InChI=1S/C36H55N5O4S2/c1-23(27-11-12-28-26-10-9-24-22-25(42)16-18-35(24,2)29(26)17-19-36(27,28)3)8-15-32(43)41(7)21-20-40(6)30-13-14-31(47(44,45)39(4)5)34-33(30)37-46-38-34/h9,13-14,23,25-29,42H,8,10-12,15-22H2,1-7H3/t23-,25?,26+,27-,28+,29+,35+,36-/m1/s1. The lowest BCUT2D eigenvalue weighted by atomic mass is 9.47. The number of aromatic nitrogens is 2. The fourth-order valence-electron chi connectivity index (χ4n) is 10.4. The third kappa shape index (κ3) is 6.05. The van der Waals surface area contributed by atoms with Crippen molar-refractivity contribution in [1.82, 2.24) is 18.0 Å². The summed E-state index contributed by atoms with van der Waals surface area (Å²) in [6.45, 7) is 8.64. The number of aliphatic hydroxyl groups excluding tert-OH is 1. The van der Waals surface area contributed by atoms with E-state index in [0.29, 0.717) is 47.8 Å². The van der Waals surface area contributed by atoms with Crippen molar-refractivity contribution in [3.05, 3.63) is 23.8 Å². The highest BCUT2D eigenvalue weighted by Crippen LogP contribution is 2.67. The number of allylic oxidation sites excluding steroid dienone is 1. The maximum absolute atomic E-state index is 13.3. The number of hydrogen-bond donors (Lipinski definition) is 1. The average molecular weight is 686 g/mol. The van der Waals surface area contributed by atoms with Gasteiger partial charge in [-0.15, -0.1) is 0 Å². The molecule has 6 rings (SSSR count). The minimum atomic E-state index is -3.64. The number of sulfonamides is 1. The van der Waals surface area contributed by atoms with E-state index in [-0.39, 0.29) is 22.3 Å². The Kier molecular flexibility index (Phi) is 9.61. The maximum Gasteiger partial charge on any atom is 0.244 e. The lowest BCUT2D eigenvalue weighted by molar-refractivity contribution is -0.130. The third-order valence-electron chi connectivity index (χ3n) is 13.4. The highest BCUT2D eigenvalue weighted by Gasteiger charge is 2.59. The first-order chi connectivity index (χ1) is 22.2. The smallest absolute Gasteiger partial charge is 0.244 e. The molecule has 11 heteroatoms. The molecule has 4 aliphatic carbocycles. The zero-order chi connectivity index (χ0) is 33.9. The summed E-state index contributed by atoms with van der Waals surface area (Å²) in [4.78, 5) is 17.4. The molecule has 1 aromatic heterocycles. The number of carbonyl (C=O) groups excluding carboxylic acids is 1. The molecule has 0 spiro atoms. The largest absolute Gasteiger partial charge is 0.393 e. The van der Waals surface area contributed by atoms with Crippen LogP contribution in [0.3, 0.4) is 0 Å². The van der Waals surface area contributed by atoms with Crippen molar-refractivity contribution >= 4 is 44.4 Å². The van der Waals surface area contributed by atoms with Crippen LogP contribution in [-0.2, 0) is 14.8 Å². The van der Waals surface area contributed by atoms with Crippen molar-refractivity contribution in [3.8, 4) is 0 Å². The van der Waals surface area contributed by atoms with Gasteiger partial charge in [0.25, 0.3) is 0 Å². The number of anilines is 1. The summed E-state index contributed by atoms with van der Waals surface area (Å²) in [7, 11) is 3.21. The summed E-state index contributed by atoms with van der Waals surface area (Å²) in [5.74, 6) is 3.63. The molecule has 3 saturated carbocycles. The second-order valence-corrected chi connectivity index (χ2v) is 18.6. The van der Waals surface area contributed by atoms with E-state index in [9.17, 15) is 18.3 Å². The van der Waals surface area contributed by atoms with Gasteiger partial charge in [-0.1, -0.05) is 32.4 Å². The molecule has 1 heterocycles. The van der Waals surface area contributed by atoms with Gasteiger partial charge in [-0.2, -0.15) is 8.75 Å². The Morgan fingerprint density at radius 3 is 2.51 bits per heavy atom. The summed E-state index contributed by atoms with van der Waals surface area (Å²) < 4.78 is 35.5. The summed E-state index contributed by atoms with van der Waals surface area (Å²) in [6, 6.07) is 3.39. The van der Waals surface area contributed by atoms with Crippen LogP contribution in [0.4, 0.5) is 5.69 Å². The number of carbonyl (C=O) groups is 1. The van der Waals surface area contributed by atoms with Gasteiger partial charge in [0, 0.05) is 47.7 Å².